The summed E-state index contributed by atoms with van der Waals surface area (Å²) in [6, 6.07) is 61.6. The van der Waals surface area contributed by atoms with E-state index >= 15 is 0 Å². The molecular weight excluding hydrogens is 657 g/mol. The average Bonchev–Trinajstić information content (AvgIpc) is 3.88. The third-order valence-electron chi connectivity index (χ3n) is 10.2. The van der Waals surface area contributed by atoms with E-state index in [0.717, 1.165) is 28.2 Å². The van der Waals surface area contributed by atoms with Crippen molar-refractivity contribution < 1.29 is 0 Å². The third-order valence-corrected chi connectivity index (χ3v) is 12.6. The Morgan fingerprint density at radius 2 is 0.980 bits per heavy atom. The number of pyridine rings is 1. The molecule has 0 aliphatic heterocycles. The highest BCUT2D eigenvalue weighted by molar-refractivity contribution is 7.27. The van der Waals surface area contributed by atoms with Crippen LogP contribution in [0, 0.1) is 0 Å². The van der Waals surface area contributed by atoms with Crippen LogP contribution in [0.4, 0.5) is 0 Å². The molecule has 0 aliphatic rings. The quantitative estimate of drug-likeness (QED) is 0.180. The van der Waals surface area contributed by atoms with Crippen molar-refractivity contribution in [3.8, 4) is 39.3 Å². The Balaban J connectivity index is 1.20. The number of aromatic nitrogens is 2. The lowest BCUT2D eigenvalue weighted by Crippen LogP contribution is -1.98. The van der Waals surface area contributed by atoms with Crippen LogP contribution in [-0.4, -0.2) is 9.55 Å². The average molecular weight is 685 g/mol. The molecule has 0 spiro atoms. The summed E-state index contributed by atoms with van der Waals surface area (Å²) in [6.45, 7) is 0. The second-order valence-corrected chi connectivity index (χ2v) is 15.2. The van der Waals surface area contributed by atoms with Crippen LogP contribution in [0.1, 0.15) is 0 Å². The van der Waals surface area contributed by atoms with Crippen LogP contribution < -0.4 is 0 Å². The molecule has 0 amide bonds. The maximum absolute atomic E-state index is 5.44. The number of nitrogens with zero attached hydrogens (tertiary/aromatic N) is 2. The van der Waals surface area contributed by atoms with E-state index in [1.165, 1.54) is 73.3 Å². The lowest BCUT2D eigenvalue weighted by molar-refractivity contribution is 1.16. The van der Waals surface area contributed by atoms with E-state index in [9.17, 15) is 0 Å². The number of thiophene rings is 2. The Kier molecular flexibility index (Phi) is 6.32. The summed E-state index contributed by atoms with van der Waals surface area (Å²) in [5.74, 6) is 0. The predicted molar refractivity (Wildman–Crippen MR) is 221 cm³/mol. The zero-order chi connectivity index (χ0) is 33.5. The molecule has 11 rings (SSSR count). The molecule has 0 unspecified atom stereocenters. The highest BCUT2D eigenvalue weighted by Crippen LogP contribution is 2.45. The Labute approximate surface area is 302 Å². The standard InChI is InChI=1S/C47H28N2S2/c1-2-11-29(12-3-1)30-21-23-31(24-22-30)39-27-32(28-40(48-39)37-17-10-16-35-33-13-5-8-19-43(33)50-46(35)37)49-41-18-7-4-15-38(41)45-42(49)26-25-36-34-14-6-9-20-44(34)51-47(36)45/h1-28H. The van der Waals surface area contributed by atoms with Crippen LogP contribution in [-0.2, 0) is 0 Å². The van der Waals surface area contributed by atoms with Crippen LogP contribution in [0.15, 0.2) is 170 Å². The zero-order valence-electron chi connectivity index (χ0n) is 27.4. The number of rotatable bonds is 4. The molecule has 0 radical (unpaired) electrons. The molecule has 4 aromatic heterocycles. The van der Waals surface area contributed by atoms with Gasteiger partial charge in [-0.05, 0) is 47.5 Å². The fraction of sp³-hybridized carbons (Fsp3) is 0. The normalized spacial score (nSPS) is 11.9. The molecule has 7 aromatic carbocycles. The van der Waals surface area contributed by atoms with Crippen molar-refractivity contribution in [1.82, 2.24) is 9.55 Å². The molecule has 0 atom stereocenters. The molecule has 0 fully saturated rings. The first-order valence-electron chi connectivity index (χ1n) is 17.2. The van der Waals surface area contributed by atoms with Crippen molar-refractivity contribution in [3.63, 3.8) is 0 Å². The van der Waals surface area contributed by atoms with Gasteiger partial charge >= 0.3 is 0 Å². The summed E-state index contributed by atoms with van der Waals surface area (Å²) >= 11 is 3.74. The molecule has 0 N–H and O–H groups in total. The van der Waals surface area contributed by atoms with Gasteiger partial charge in [0.2, 0.25) is 0 Å². The van der Waals surface area contributed by atoms with E-state index < -0.39 is 0 Å². The van der Waals surface area contributed by atoms with Crippen LogP contribution >= 0.6 is 22.7 Å². The van der Waals surface area contributed by atoms with Gasteiger partial charge in [0.1, 0.15) is 0 Å². The maximum Gasteiger partial charge on any atom is 0.0744 e. The number of fused-ring (bicyclic) bond motifs is 10. The van der Waals surface area contributed by atoms with Crippen molar-refractivity contribution in [1.29, 1.82) is 0 Å². The Bertz CT molecular complexity index is 3130. The molecular formula is C47H28N2S2. The van der Waals surface area contributed by atoms with E-state index in [0.29, 0.717) is 0 Å². The number of benzene rings is 7. The molecule has 0 saturated heterocycles. The van der Waals surface area contributed by atoms with Gasteiger partial charge in [0.15, 0.2) is 0 Å². The zero-order valence-corrected chi connectivity index (χ0v) is 29.0. The van der Waals surface area contributed by atoms with Gasteiger partial charge in [0.05, 0.1) is 28.1 Å². The minimum absolute atomic E-state index is 0.953. The molecule has 2 nitrogen and oxygen atoms in total. The van der Waals surface area contributed by atoms with E-state index in [-0.39, 0.29) is 0 Å². The minimum Gasteiger partial charge on any atom is -0.309 e. The third kappa shape index (κ3) is 4.44. The Hall–Kier alpha value is -6.07. The first kappa shape index (κ1) is 28.7. The monoisotopic (exact) mass is 684 g/mol. The van der Waals surface area contributed by atoms with Crippen molar-refractivity contribution >= 4 is 84.8 Å². The van der Waals surface area contributed by atoms with Crippen LogP contribution in [0.25, 0.3) is 101 Å². The first-order valence-corrected chi connectivity index (χ1v) is 18.8. The molecule has 4 heteroatoms. The van der Waals surface area contributed by atoms with E-state index in [1.54, 1.807) is 0 Å². The van der Waals surface area contributed by atoms with Crippen LogP contribution in [0.2, 0.25) is 0 Å². The number of para-hydroxylation sites is 1. The van der Waals surface area contributed by atoms with Gasteiger partial charge in [0.25, 0.3) is 0 Å². The molecule has 0 bridgehead atoms. The molecule has 11 aromatic rings. The van der Waals surface area contributed by atoms with Gasteiger partial charge in [0, 0.05) is 62.2 Å². The molecule has 0 aliphatic carbocycles. The summed E-state index contributed by atoms with van der Waals surface area (Å²) in [7, 11) is 0. The largest absolute Gasteiger partial charge is 0.309 e. The Morgan fingerprint density at radius 3 is 1.76 bits per heavy atom. The van der Waals surface area contributed by atoms with Gasteiger partial charge in [-0.25, -0.2) is 4.98 Å². The first-order chi connectivity index (χ1) is 25.3. The maximum atomic E-state index is 5.44. The summed E-state index contributed by atoms with van der Waals surface area (Å²) in [6.07, 6.45) is 0. The fourth-order valence-corrected chi connectivity index (χ4v) is 10.3. The van der Waals surface area contributed by atoms with Crippen molar-refractivity contribution in [2.75, 3.05) is 0 Å². The number of hydrogen-bond acceptors (Lipinski definition) is 3. The van der Waals surface area contributed by atoms with Crippen LogP contribution in [0.5, 0.6) is 0 Å². The smallest absolute Gasteiger partial charge is 0.0744 e. The second-order valence-electron chi connectivity index (χ2n) is 13.1. The molecule has 4 heterocycles. The lowest BCUT2D eigenvalue weighted by Gasteiger charge is -2.14. The SMILES string of the molecule is c1ccc(-c2ccc(-c3cc(-n4c5ccccc5c5c6sc7ccccc7c6ccc54)cc(-c4cccc5c4sc4ccccc45)n3)cc2)cc1. The summed E-state index contributed by atoms with van der Waals surface area (Å²) in [5.41, 5.74) is 10.1. The van der Waals surface area contributed by atoms with Gasteiger partial charge in [-0.1, -0.05) is 133 Å². The highest BCUT2D eigenvalue weighted by Gasteiger charge is 2.20. The highest BCUT2D eigenvalue weighted by atomic mass is 32.1. The van der Waals surface area contributed by atoms with Crippen molar-refractivity contribution in [2.24, 2.45) is 0 Å². The second kappa shape index (κ2) is 11.2. The van der Waals surface area contributed by atoms with Crippen molar-refractivity contribution in [3.05, 3.63) is 170 Å². The predicted octanol–water partition coefficient (Wildman–Crippen LogP) is 13.9. The number of hydrogen-bond donors (Lipinski definition) is 0. The van der Waals surface area contributed by atoms with E-state index in [2.05, 4.69) is 174 Å². The molecule has 51 heavy (non-hydrogen) atoms. The van der Waals surface area contributed by atoms with Crippen molar-refractivity contribution in [2.45, 2.75) is 0 Å². The van der Waals surface area contributed by atoms with Crippen LogP contribution in [0.3, 0.4) is 0 Å². The molecule has 0 saturated carbocycles. The van der Waals surface area contributed by atoms with Gasteiger partial charge in [-0.2, -0.15) is 0 Å². The summed E-state index contributed by atoms with van der Waals surface area (Å²) in [4.78, 5) is 5.44. The molecule has 238 valence electrons. The summed E-state index contributed by atoms with van der Waals surface area (Å²) < 4.78 is 7.67. The lowest BCUT2D eigenvalue weighted by atomic mass is 10.0. The fourth-order valence-electron chi connectivity index (χ4n) is 7.86. The van der Waals surface area contributed by atoms with Gasteiger partial charge in [-0.15, -0.1) is 22.7 Å². The topological polar surface area (TPSA) is 17.8 Å². The minimum atomic E-state index is 0.953. The summed E-state index contributed by atoms with van der Waals surface area (Å²) in [5, 5.41) is 7.78. The van der Waals surface area contributed by atoms with Gasteiger partial charge < -0.3 is 4.57 Å². The van der Waals surface area contributed by atoms with E-state index in [1.807, 2.05) is 22.7 Å². The van der Waals surface area contributed by atoms with E-state index in [4.69, 9.17) is 4.98 Å². The Morgan fingerprint density at radius 1 is 0.392 bits per heavy atom. The van der Waals surface area contributed by atoms with Gasteiger partial charge in [-0.3, -0.25) is 0 Å².